The van der Waals surface area contributed by atoms with Crippen molar-refractivity contribution in [2.75, 3.05) is 13.2 Å². The number of esters is 1. The van der Waals surface area contributed by atoms with Crippen LogP contribution in [-0.2, 0) is 9.53 Å². The molecule has 6 nitrogen and oxygen atoms in total. The lowest BCUT2D eigenvalue weighted by molar-refractivity contribution is -0.140. The molecule has 0 fully saturated rings. The van der Waals surface area contributed by atoms with Gasteiger partial charge in [0.15, 0.2) is 10.5 Å². The highest BCUT2D eigenvalue weighted by Gasteiger charge is 2.45. The number of allylic oxidation sites excluding steroid dienone is 1. The van der Waals surface area contributed by atoms with E-state index in [2.05, 4.69) is 50.2 Å². The van der Waals surface area contributed by atoms with Crippen LogP contribution in [0.3, 0.4) is 0 Å². The minimum Gasteiger partial charge on any atom is -0.492 e. The zero-order chi connectivity index (χ0) is 27.8. The number of benzene rings is 2. The van der Waals surface area contributed by atoms with E-state index in [9.17, 15) is 22.8 Å². The maximum absolute atomic E-state index is 14.2. The number of alkyl halides is 3. The molecule has 1 atom stereocenters. The predicted molar refractivity (Wildman–Crippen MR) is 155 cm³/mol. The van der Waals surface area contributed by atoms with E-state index in [-0.39, 0.29) is 21.5 Å². The Morgan fingerprint density at radius 1 is 1.16 bits per heavy atom. The van der Waals surface area contributed by atoms with E-state index in [4.69, 9.17) is 21.1 Å². The van der Waals surface area contributed by atoms with Gasteiger partial charge in [0.1, 0.15) is 5.75 Å². The van der Waals surface area contributed by atoms with Crippen molar-refractivity contribution >= 4 is 80.2 Å². The van der Waals surface area contributed by atoms with Crippen molar-refractivity contribution in [1.82, 2.24) is 4.57 Å². The highest BCUT2D eigenvalue weighted by atomic mass is 127. The van der Waals surface area contributed by atoms with Gasteiger partial charge in [-0.15, -0.1) is 0 Å². The second kappa shape index (κ2) is 11.7. The smallest absolute Gasteiger partial charge is 0.434 e. The molecule has 0 spiro atoms. The largest absolute Gasteiger partial charge is 0.492 e. The van der Waals surface area contributed by atoms with Crippen molar-refractivity contribution in [2.24, 2.45) is 4.99 Å². The standard InChI is InChI=1S/C25H18ClF3I2N2O4S/c1-3-36-20-15(30)9-12(10-16(20)31)11-17-22(34)33-19(13-5-7-14(26)8-6-13)18(23(35)37-4-2)21(25(27,28)29)32-24(33)38-17/h5-11,19H,3-4H2,1-2H3/b17-11-/t19-/m1/s1. The molecule has 3 aromatic rings. The van der Waals surface area contributed by atoms with Gasteiger partial charge in [-0.25, -0.2) is 9.79 Å². The number of carbonyl (C=O) groups excluding carboxylic acids is 1. The average molecular weight is 789 g/mol. The van der Waals surface area contributed by atoms with E-state index in [1.54, 1.807) is 6.08 Å². The van der Waals surface area contributed by atoms with Crippen molar-refractivity contribution in [3.8, 4) is 5.75 Å². The molecule has 4 rings (SSSR count). The van der Waals surface area contributed by atoms with Crippen molar-refractivity contribution in [3.05, 3.63) is 90.6 Å². The second-order valence-electron chi connectivity index (χ2n) is 7.86. The van der Waals surface area contributed by atoms with Crippen LogP contribution in [0.25, 0.3) is 6.08 Å². The summed E-state index contributed by atoms with van der Waals surface area (Å²) in [7, 11) is 0. The lowest BCUT2D eigenvalue weighted by Gasteiger charge is -2.26. The van der Waals surface area contributed by atoms with Gasteiger partial charge in [0.05, 0.1) is 36.5 Å². The molecule has 0 radical (unpaired) electrons. The van der Waals surface area contributed by atoms with Gasteiger partial charge in [-0.2, -0.15) is 13.2 Å². The Morgan fingerprint density at radius 2 is 1.79 bits per heavy atom. The van der Waals surface area contributed by atoms with Crippen LogP contribution in [-0.4, -0.2) is 29.9 Å². The van der Waals surface area contributed by atoms with Crippen molar-refractivity contribution in [3.63, 3.8) is 0 Å². The van der Waals surface area contributed by atoms with Crippen molar-refractivity contribution in [2.45, 2.75) is 26.1 Å². The monoisotopic (exact) mass is 788 g/mol. The fourth-order valence-corrected chi connectivity index (χ4v) is 7.15. The lowest BCUT2D eigenvalue weighted by Crippen LogP contribution is -2.41. The number of nitrogens with zero attached hydrogens (tertiary/aromatic N) is 2. The van der Waals surface area contributed by atoms with Gasteiger partial charge in [0.2, 0.25) is 0 Å². The molecule has 0 saturated heterocycles. The zero-order valence-electron chi connectivity index (χ0n) is 19.7. The summed E-state index contributed by atoms with van der Waals surface area (Å²) in [6.45, 7) is 3.69. The Kier molecular flexibility index (Phi) is 8.94. The maximum atomic E-state index is 14.2. The summed E-state index contributed by atoms with van der Waals surface area (Å²) in [5.41, 5.74) is -1.82. The van der Waals surface area contributed by atoms with Crippen LogP contribution >= 0.6 is 68.1 Å². The first-order chi connectivity index (χ1) is 18.0. The summed E-state index contributed by atoms with van der Waals surface area (Å²) in [5.74, 6) is -0.489. The van der Waals surface area contributed by atoms with E-state index in [0.29, 0.717) is 22.9 Å². The molecule has 0 unspecified atom stereocenters. The summed E-state index contributed by atoms with van der Waals surface area (Å²) < 4.78 is 56.1. The Balaban J connectivity index is 2.01. The molecular formula is C25H18ClF3I2N2O4S. The number of halogens is 6. The molecule has 1 aliphatic rings. The van der Waals surface area contributed by atoms with E-state index in [0.717, 1.165) is 23.0 Å². The molecule has 0 amide bonds. The SMILES string of the molecule is CCOC(=O)C1=C(C(F)(F)F)N=c2s/c(=C\c3cc(I)c(OCC)c(I)c3)c(=O)n2[C@@H]1c1ccc(Cl)cc1. The Morgan fingerprint density at radius 3 is 2.34 bits per heavy atom. The third-order valence-corrected chi connectivity index (χ3v) is 8.23. The third kappa shape index (κ3) is 5.82. The van der Waals surface area contributed by atoms with Crippen LogP contribution in [0.2, 0.25) is 5.02 Å². The molecule has 0 N–H and O–H groups in total. The molecule has 2 aromatic carbocycles. The fraction of sp³-hybridized carbons (Fsp3) is 0.240. The normalized spacial score (nSPS) is 15.8. The van der Waals surface area contributed by atoms with Crippen LogP contribution in [0, 0.1) is 7.14 Å². The Labute approximate surface area is 251 Å². The molecule has 1 aliphatic heterocycles. The fourth-order valence-electron chi connectivity index (χ4n) is 3.90. The predicted octanol–water partition coefficient (Wildman–Crippen LogP) is 5.60. The summed E-state index contributed by atoms with van der Waals surface area (Å²) in [6.07, 6.45) is -3.38. The number of fused-ring (bicyclic) bond motifs is 1. The average Bonchev–Trinajstić information content (AvgIpc) is 3.15. The van der Waals surface area contributed by atoms with E-state index >= 15 is 0 Å². The molecule has 1 aromatic heterocycles. The third-order valence-electron chi connectivity index (χ3n) is 5.39. The Hall–Kier alpha value is -1.91. The van der Waals surface area contributed by atoms with E-state index in [1.807, 2.05) is 19.1 Å². The summed E-state index contributed by atoms with van der Waals surface area (Å²) in [5, 5.41) is 0.346. The van der Waals surface area contributed by atoms with Gasteiger partial charge in [-0.3, -0.25) is 9.36 Å². The number of aromatic nitrogens is 1. The van der Waals surface area contributed by atoms with Gasteiger partial charge in [-0.1, -0.05) is 35.1 Å². The zero-order valence-corrected chi connectivity index (χ0v) is 25.6. The van der Waals surface area contributed by atoms with Gasteiger partial charge in [0, 0.05) is 5.02 Å². The summed E-state index contributed by atoms with van der Waals surface area (Å²) in [4.78, 5) is 30.1. The number of thiazole rings is 1. The van der Waals surface area contributed by atoms with Crippen LogP contribution < -0.4 is 19.6 Å². The molecular weight excluding hydrogens is 771 g/mol. The van der Waals surface area contributed by atoms with Crippen LogP contribution in [0.15, 0.2) is 57.5 Å². The quantitative estimate of drug-likeness (QED) is 0.241. The lowest BCUT2D eigenvalue weighted by atomic mass is 9.95. The number of rotatable bonds is 6. The highest BCUT2D eigenvalue weighted by Crippen LogP contribution is 2.38. The van der Waals surface area contributed by atoms with E-state index in [1.165, 1.54) is 31.2 Å². The molecule has 2 heterocycles. The number of hydrogen-bond acceptors (Lipinski definition) is 6. The highest BCUT2D eigenvalue weighted by molar-refractivity contribution is 14.1. The summed E-state index contributed by atoms with van der Waals surface area (Å²) >= 11 is 11.1. The summed E-state index contributed by atoms with van der Waals surface area (Å²) in [6, 6.07) is 8.11. The van der Waals surface area contributed by atoms with Crippen molar-refractivity contribution < 1.29 is 27.4 Å². The first-order valence-electron chi connectivity index (χ1n) is 11.1. The van der Waals surface area contributed by atoms with E-state index < -0.39 is 35.0 Å². The second-order valence-corrected chi connectivity index (χ2v) is 11.6. The molecule has 200 valence electrons. The molecule has 0 aliphatic carbocycles. The topological polar surface area (TPSA) is 69.9 Å². The molecule has 38 heavy (non-hydrogen) atoms. The van der Waals surface area contributed by atoms with Gasteiger partial charge < -0.3 is 9.47 Å². The van der Waals surface area contributed by atoms with Crippen LogP contribution in [0.4, 0.5) is 13.2 Å². The minimum atomic E-state index is -4.97. The number of ether oxygens (including phenoxy) is 2. The van der Waals surface area contributed by atoms with Crippen LogP contribution in [0.5, 0.6) is 5.75 Å². The first-order valence-corrected chi connectivity index (χ1v) is 14.5. The van der Waals surface area contributed by atoms with Gasteiger partial charge >= 0.3 is 12.1 Å². The van der Waals surface area contributed by atoms with Gasteiger partial charge in [-0.05, 0) is 100 Å². The van der Waals surface area contributed by atoms with Crippen LogP contribution in [0.1, 0.15) is 31.0 Å². The molecule has 0 saturated carbocycles. The molecule has 13 heteroatoms. The Bertz CT molecular complexity index is 1590. The van der Waals surface area contributed by atoms with Crippen molar-refractivity contribution in [1.29, 1.82) is 0 Å². The maximum Gasteiger partial charge on any atom is 0.434 e. The minimum absolute atomic E-state index is 0.153. The first kappa shape index (κ1) is 29.1. The number of carbonyl (C=O) groups is 1. The number of hydrogen-bond donors (Lipinski definition) is 0. The van der Waals surface area contributed by atoms with Gasteiger partial charge in [0.25, 0.3) is 5.56 Å². The molecule has 0 bridgehead atoms.